The first-order valence-electron chi connectivity index (χ1n) is 11.0. The second-order valence-electron chi connectivity index (χ2n) is 7.84. The standard InChI is InChI=1S/C27H21Cl2F2N2OPS2/c28-24(20-7-3-1-4-8-20)17-35(34,18-25(29)21-9-5-2-6-10-21)33-27-32-16-23(37-27)15-19-11-13-22(14-12-19)36-26(30)31/h1-14,16-18,26H,15H2,(H,32,33,34)/b24-17+,25-18?. The van der Waals surface area contributed by atoms with Gasteiger partial charge in [-0.05, 0) is 28.8 Å². The fourth-order valence-electron chi connectivity index (χ4n) is 3.36. The van der Waals surface area contributed by atoms with Crippen LogP contribution in [-0.2, 0) is 11.0 Å². The molecule has 0 aliphatic heterocycles. The highest BCUT2D eigenvalue weighted by Crippen LogP contribution is 2.54. The molecule has 0 aliphatic rings. The maximum atomic E-state index is 14.1. The van der Waals surface area contributed by atoms with Crippen LogP contribution in [0.5, 0.6) is 0 Å². The molecular formula is C27H21Cl2F2N2OPS2. The Morgan fingerprint density at radius 3 is 1.97 bits per heavy atom. The lowest BCUT2D eigenvalue weighted by Gasteiger charge is -2.13. The maximum absolute atomic E-state index is 14.1. The van der Waals surface area contributed by atoms with E-state index in [0.29, 0.717) is 38.3 Å². The average molecular weight is 593 g/mol. The van der Waals surface area contributed by atoms with Gasteiger partial charge in [0.05, 0.1) is 10.1 Å². The number of thiazole rings is 1. The third-order valence-corrected chi connectivity index (χ3v) is 9.65. The number of hydrogen-bond acceptors (Lipinski definition) is 4. The van der Waals surface area contributed by atoms with Crippen molar-refractivity contribution in [3.63, 3.8) is 0 Å². The molecule has 3 aromatic carbocycles. The molecule has 0 aliphatic carbocycles. The topological polar surface area (TPSA) is 42.0 Å². The number of alkyl halides is 2. The van der Waals surface area contributed by atoms with Crippen molar-refractivity contribution in [1.29, 1.82) is 0 Å². The predicted octanol–water partition coefficient (Wildman–Crippen LogP) is 10.2. The van der Waals surface area contributed by atoms with Gasteiger partial charge >= 0.3 is 0 Å². The van der Waals surface area contributed by atoms with Crippen LogP contribution in [0.4, 0.5) is 13.9 Å². The molecule has 0 fully saturated rings. The number of nitrogens with one attached hydrogen (secondary N) is 1. The van der Waals surface area contributed by atoms with Crippen molar-refractivity contribution in [1.82, 2.24) is 4.98 Å². The molecule has 1 aromatic heterocycles. The summed E-state index contributed by atoms with van der Waals surface area (Å²) in [5.41, 5.74) is 2.41. The van der Waals surface area contributed by atoms with Crippen molar-refractivity contribution in [3.05, 3.63) is 124 Å². The highest BCUT2D eigenvalue weighted by molar-refractivity contribution is 7.99. The second-order valence-corrected chi connectivity index (χ2v) is 13.0. The smallest absolute Gasteiger partial charge is 0.288 e. The Labute approximate surface area is 232 Å². The molecule has 1 heterocycles. The molecular weight excluding hydrogens is 572 g/mol. The van der Waals surface area contributed by atoms with Gasteiger partial charge in [-0.25, -0.2) is 4.98 Å². The molecule has 10 heteroatoms. The first-order chi connectivity index (χ1) is 17.8. The monoisotopic (exact) mass is 592 g/mol. The Hall–Kier alpha value is -2.41. The van der Waals surface area contributed by atoms with Gasteiger partial charge < -0.3 is 5.09 Å². The number of benzene rings is 3. The minimum atomic E-state index is -3.44. The van der Waals surface area contributed by atoms with E-state index < -0.39 is 13.1 Å². The van der Waals surface area contributed by atoms with E-state index in [0.717, 1.165) is 21.6 Å². The Balaban J connectivity index is 1.58. The van der Waals surface area contributed by atoms with Crippen LogP contribution >= 0.6 is 53.6 Å². The van der Waals surface area contributed by atoms with Gasteiger partial charge in [-0.1, -0.05) is 108 Å². The van der Waals surface area contributed by atoms with Gasteiger partial charge in [-0.3, -0.25) is 4.57 Å². The van der Waals surface area contributed by atoms with Crippen molar-refractivity contribution in [3.8, 4) is 0 Å². The third kappa shape index (κ3) is 8.29. The lowest BCUT2D eigenvalue weighted by atomic mass is 10.1. The van der Waals surface area contributed by atoms with Gasteiger partial charge in [0.15, 0.2) is 5.13 Å². The molecule has 0 radical (unpaired) electrons. The Kier molecular flexibility index (Phi) is 9.63. The number of anilines is 1. The van der Waals surface area contributed by atoms with E-state index in [1.165, 1.54) is 23.0 Å². The molecule has 0 spiro atoms. The summed E-state index contributed by atoms with van der Waals surface area (Å²) in [4.78, 5) is 5.83. The normalized spacial score (nSPS) is 14.0. The van der Waals surface area contributed by atoms with Gasteiger partial charge in [0.1, 0.15) is 0 Å². The number of hydrogen-bond donors (Lipinski definition) is 1. The van der Waals surface area contributed by atoms with E-state index in [1.807, 2.05) is 72.8 Å². The Bertz CT molecular complexity index is 1370. The van der Waals surface area contributed by atoms with E-state index in [2.05, 4.69) is 10.1 Å². The average Bonchev–Trinajstić information content (AvgIpc) is 3.31. The molecule has 0 saturated heterocycles. The van der Waals surface area contributed by atoms with Gasteiger partial charge in [0.25, 0.3) is 5.76 Å². The molecule has 37 heavy (non-hydrogen) atoms. The highest BCUT2D eigenvalue weighted by atomic mass is 35.5. The van der Waals surface area contributed by atoms with Crippen LogP contribution < -0.4 is 5.09 Å². The summed E-state index contributed by atoms with van der Waals surface area (Å²) in [5, 5.41) is 4.14. The van der Waals surface area contributed by atoms with E-state index in [9.17, 15) is 13.3 Å². The molecule has 0 saturated carbocycles. The molecule has 0 amide bonds. The fraction of sp³-hybridized carbons (Fsp3) is 0.0741. The zero-order valence-corrected chi connectivity index (χ0v) is 23.3. The van der Waals surface area contributed by atoms with Crippen LogP contribution in [0.15, 0.2) is 108 Å². The first-order valence-corrected chi connectivity index (χ1v) is 15.3. The Morgan fingerprint density at radius 1 is 0.919 bits per heavy atom. The molecule has 1 unspecified atom stereocenters. The predicted molar refractivity (Wildman–Crippen MR) is 155 cm³/mol. The van der Waals surface area contributed by atoms with Crippen LogP contribution in [0, 0.1) is 0 Å². The van der Waals surface area contributed by atoms with E-state index >= 15 is 0 Å². The van der Waals surface area contributed by atoms with Crippen molar-refractivity contribution in [2.45, 2.75) is 17.1 Å². The summed E-state index contributed by atoms with van der Waals surface area (Å²) in [5.74, 6) is 0.510. The fourth-order valence-corrected chi connectivity index (χ4v) is 7.82. The number of aromatic nitrogens is 1. The van der Waals surface area contributed by atoms with Gasteiger partial charge in [0.2, 0.25) is 7.29 Å². The highest BCUT2D eigenvalue weighted by Gasteiger charge is 2.21. The first kappa shape index (κ1) is 27.6. The molecule has 190 valence electrons. The summed E-state index contributed by atoms with van der Waals surface area (Å²) in [7, 11) is -3.44. The minimum Gasteiger partial charge on any atom is -0.306 e. The molecule has 4 aromatic rings. The van der Waals surface area contributed by atoms with Crippen molar-refractivity contribution < 1.29 is 13.3 Å². The summed E-state index contributed by atoms with van der Waals surface area (Å²) >= 11 is 15.0. The zero-order valence-electron chi connectivity index (χ0n) is 19.2. The van der Waals surface area contributed by atoms with E-state index in [4.69, 9.17) is 23.2 Å². The van der Waals surface area contributed by atoms with Crippen molar-refractivity contribution >= 4 is 68.8 Å². The van der Waals surface area contributed by atoms with Crippen molar-refractivity contribution in [2.75, 3.05) is 5.09 Å². The second kappa shape index (κ2) is 12.9. The summed E-state index contributed by atoms with van der Waals surface area (Å²) in [6.45, 7) is 0. The molecule has 1 atom stereocenters. The molecule has 3 nitrogen and oxygen atoms in total. The maximum Gasteiger partial charge on any atom is 0.288 e. The lowest BCUT2D eigenvalue weighted by molar-refractivity contribution is 0.252. The minimum absolute atomic E-state index is 0.323. The summed E-state index contributed by atoms with van der Waals surface area (Å²) in [6, 6.07) is 25.4. The molecule has 4 rings (SSSR count). The number of thioether (sulfide) groups is 1. The van der Waals surface area contributed by atoms with Crippen LogP contribution in [-0.4, -0.2) is 10.7 Å². The van der Waals surface area contributed by atoms with Gasteiger partial charge in [0, 0.05) is 34.0 Å². The zero-order chi connectivity index (χ0) is 26.3. The summed E-state index contributed by atoms with van der Waals surface area (Å²) < 4.78 is 39.2. The number of rotatable bonds is 10. The van der Waals surface area contributed by atoms with E-state index in [-0.39, 0.29) is 0 Å². The van der Waals surface area contributed by atoms with Crippen molar-refractivity contribution in [2.24, 2.45) is 0 Å². The lowest BCUT2D eigenvalue weighted by Crippen LogP contribution is -1.93. The summed E-state index contributed by atoms with van der Waals surface area (Å²) in [6.07, 6.45) is 2.26. The van der Waals surface area contributed by atoms with Gasteiger partial charge in [-0.15, -0.1) is 11.3 Å². The van der Waals surface area contributed by atoms with Crippen LogP contribution in [0.2, 0.25) is 0 Å². The van der Waals surface area contributed by atoms with Crippen LogP contribution in [0.1, 0.15) is 21.6 Å². The molecule has 0 bridgehead atoms. The quantitative estimate of drug-likeness (QED) is 0.147. The molecule has 1 N–H and O–H groups in total. The number of halogens is 4. The largest absolute Gasteiger partial charge is 0.306 e. The number of nitrogens with zero attached hydrogens (tertiary/aromatic N) is 1. The third-order valence-electron chi connectivity index (χ3n) is 5.06. The SMILES string of the molecule is O=P(C=C(Cl)c1ccccc1)(/C=C(/Cl)c1ccccc1)Nc1ncc(Cc2ccc(SC(F)F)cc2)s1. The van der Waals surface area contributed by atoms with Crippen LogP contribution in [0.25, 0.3) is 10.1 Å². The Morgan fingerprint density at radius 2 is 1.46 bits per heavy atom. The van der Waals surface area contributed by atoms with Gasteiger partial charge in [-0.2, -0.15) is 8.78 Å². The van der Waals surface area contributed by atoms with E-state index in [1.54, 1.807) is 18.3 Å². The van der Waals surface area contributed by atoms with Crippen LogP contribution in [0.3, 0.4) is 0 Å².